The maximum atomic E-state index is 13.3. The molecule has 4 aliphatic carbocycles. The molecule has 1 saturated heterocycles. The lowest BCUT2D eigenvalue weighted by molar-refractivity contribution is -0.262. The monoisotopic (exact) mass is 659 g/mol. The number of carboxylic acids is 1. The number of hydrogen-bond acceptors (Lipinski definition) is 8. The van der Waals surface area contributed by atoms with E-state index in [1.54, 1.807) is 7.11 Å². The van der Waals surface area contributed by atoms with Crippen LogP contribution < -0.4 is 5.32 Å². The molecule has 0 aromatic rings. The summed E-state index contributed by atoms with van der Waals surface area (Å²) in [6.45, 7) is 20.5. The second-order valence-corrected chi connectivity index (χ2v) is 17.3. The summed E-state index contributed by atoms with van der Waals surface area (Å²) in [5.41, 5.74) is -0.505. The number of nitrogens with one attached hydrogen (secondary N) is 1. The number of allylic oxidation sites excluding steroid dienone is 1. The summed E-state index contributed by atoms with van der Waals surface area (Å²) in [6.07, 6.45) is 6.10. The molecule has 0 aromatic carbocycles. The zero-order chi connectivity index (χ0) is 34.7. The highest BCUT2D eigenvalue weighted by Gasteiger charge is 2.72. The maximum absolute atomic E-state index is 13.3. The van der Waals surface area contributed by atoms with E-state index in [4.69, 9.17) is 18.9 Å². The topological polar surface area (TPSA) is 120 Å². The zero-order valence-electron chi connectivity index (χ0n) is 30.6. The van der Waals surface area contributed by atoms with Crippen LogP contribution in [0.4, 0.5) is 0 Å². The number of aliphatic carboxylic acids is 1. The number of methoxy groups -OCH3 is 1. The van der Waals surface area contributed by atoms with Gasteiger partial charge in [0.15, 0.2) is 0 Å². The standard InChI is InChI=1S/C38H61NO8/c1-22(2)24(4)34(6)15-16-36(8)26-11-12-29-35(7)20-45-21-38(29,27(26)13-14-37(36,9)31(34)33(42)43)17-28(46-25(5)40)32(35)47-30(41)18-39-23(3)19-44-10/h13,22-24,26,28-29,31-32,39H,11-12,14-21H2,1-10H3,(H,42,43)/t23?,24-,26+,28-,29+,31-,32+,34-,35+,36-,37+,38+/m1/s1. The fraction of sp³-hybridized carbons (Fsp3) is 0.868. The third kappa shape index (κ3) is 5.58. The van der Waals surface area contributed by atoms with Gasteiger partial charge < -0.3 is 29.4 Å². The number of esters is 2. The summed E-state index contributed by atoms with van der Waals surface area (Å²) in [4.78, 5) is 39.1. The molecule has 0 spiro atoms. The highest BCUT2D eigenvalue weighted by atomic mass is 16.6. The first-order valence-electron chi connectivity index (χ1n) is 18.0. The minimum Gasteiger partial charge on any atom is -0.481 e. The van der Waals surface area contributed by atoms with Gasteiger partial charge in [0.05, 0.1) is 32.3 Å². The molecule has 5 aliphatic rings. The van der Waals surface area contributed by atoms with E-state index in [-0.39, 0.29) is 58.5 Å². The van der Waals surface area contributed by atoms with E-state index in [9.17, 15) is 19.5 Å². The van der Waals surface area contributed by atoms with E-state index in [1.807, 2.05) is 6.92 Å². The van der Waals surface area contributed by atoms with Gasteiger partial charge in [-0.3, -0.25) is 14.4 Å². The van der Waals surface area contributed by atoms with Crippen molar-refractivity contribution in [1.29, 1.82) is 0 Å². The van der Waals surface area contributed by atoms with Crippen molar-refractivity contribution in [2.75, 3.05) is 33.5 Å². The fourth-order valence-corrected chi connectivity index (χ4v) is 11.9. The molecule has 1 heterocycles. The molecule has 12 atom stereocenters. The SMILES string of the molecule is COCC(C)NCC(=O)O[C@H]1[C@H](OC(C)=O)C[C@@]23COC[C@@]1(C)[C@@H]2CC[C@H]1C3=CC[C@@]2(C)[C@H](C(=O)O)[C@@](C)([C@H](C)C(C)C)CC[C@]12C. The Kier molecular flexibility index (Phi) is 9.83. The summed E-state index contributed by atoms with van der Waals surface area (Å²) in [7, 11) is 1.62. The van der Waals surface area contributed by atoms with Crippen molar-refractivity contribution in [3.63, 3.8) is 0 Å². The average Bonchev–Trinajstić information content (AvgIpc) is 2.98. The third-order valence-electron chi connectivity index (χ3n) is 14.7. The van der Waals surface area contributed by atoms with Gasteiger partial charge in [0.2, 0.25) is 0 Å². The van der Waals surface area contributed by atoms with Crippen LogP contribution in [0.2, 0.25) is 0 Å². The predicted molar refractivity (Wildman–Crippen MR) is 178 cm³/mol. The van der Waals surface area contributed by atoms with Crippen LogP contribution in [-0.2, 0) is 33.3 Å². The van der Waals surface area contributed by atoms with Crippen LogP contribution in [0.1, 0.15) is 101 Å². The number of carbonyl (C=O) groups excluding carboxylic acids is 2. The first-order chi connectivity index (χ1) is 21.9. The largest absolute Gasteiger partial charge is 0.481 e. The quantitative estimate of drug-likeness (QED) is 0.214. The lowest BCUT2D eigenvalue weighted by Gasteiger charge is -2.71. The number of fused-ring (bicyclic) bond motifs is 3. The van der Waals surface area contributed by atoms with Gasteiger partial charge >= 0.3 is 17.9 Å². The maximum Gasteiger partial charge on any atom is 0.320 e. The summed E-state index contributed by atoms with van der Waals surface area (Å²) >= 11 is 0. The molecule has 0 amide bonds. The molecule has 0 aromatic heterocycles. The fourth-order valence-electron chi connectivity index (χ4n) is 11.9. The highest BCUT2D eigenvalue weighted by molar-refractivity contribution is 5.73. The minimum atomic E-state index is -0.672. The molecule has 4 fully saturated rings. The van der Waals surface area contributed by atoms with Crippen LogP contribution >= 0.6 is 0 Å². The van der Waals surface area contributed by atoms with Gasteiger partial charge in [-0.1, -0.05) is 60.1 Å². The molecule has 0 radical (unpaired) electrons. The Hall–Kier alpha value is -1.97. The molecule has 9 nitrogen and oxygen atoms in total. The smallest absolute Gasteiger partial charge is 0.320 e. The van der Waals surface area contributed by atoms with Crippen LogP contribution in [0.25, 0.3) is 0 Å². The number of rotatable bonds is 10. The Labute approximate surface area is 282 Å². The van der Waals surface area contributed by atoms with Crippen molar-refractivity contribution in [3.8, 4) is 0 Å². The van der Waals surface area contributed by atoms with E-state index in [2.05, 4.69) is 59.9 Å². The van der Waals surface area contributed by atoms with Crippen LogP contribution in [0.15, 0.2) is 11.6 Å². The van der Waals surface area contributed by atoms with Crippen molar-refractivity contribution in [2.45, 2.75) is 119 Å². The van der Waals surface area contributed by atoms with Gasteiger partial charge in [0, 0.05) is 30.9 Å². The molecular weight excluding hydrogens is 598 g/mol. The van der Waals surface area contributed by atoms with E-state index in [0.29, 0.717) is 38.6 Å². The second-order valence-electron chi connectivity index (χ2n) is 17.3. The molecule has 5 rings (SSSR count). The van der Waals surface area contributed by atoms with Gasteiger partial charge in [-0.15, -0.1) is 0 Å². The van der Waals surface area contributed by atoms with Crippen LogP contribution in [0.3, 0.4) is 0 Å². The summed E-state index contributed by atoms with van der Waals surface area (Å²) in [5.74, 6) is -0.864. The van der Waals surface area contributed by atoms with Crippen molar-refractivity contribution < 1.29 is 38.4 Å². The molecule has 1 unspecified atom stereocenters. The molecule has 47 heavy (non-hydrogen) atoms. The van der Waals surface area contributed by atoms with E-state index in [1.165, 1.54) is 12.5 Å². The van der Waals surface area contributed by atoms with Gasteiger partial charge in [-0.25, -0.2) is 0 Å². The molecule has 1 aliphatic heterocycles. The number of hydrogen-bond donors (Lipinski definition) is 2. The summed E-state index contributed by atoms with van der Waals surface area (Å²) < 4.78 is 24.0. The van der Waals surface area contributed by atoms with E-state index >= 15 is 0 Å². The zero-order valence-corrected chi connectivity index (χ0v) is 30.6. The molecule has 2 N–H and O–H groups in total. The van der Waals surface area contributed by atoms with Gasteiger partial charge in [0.25, 0.3) is 0 Å². The highest BCUT2D eigenvalue weighted by Crippen LogP contribution is 2.75. The lowest BCUT2D eigenvalue weighted by Crippen LogP contribution is -2.70. The summed E-state index contributed by atoms with van der Waals surface area (Å²) in [5, 5.41) is 14.1. The normalized spacial score (nSPS) is 43.8. The predicted octanol–water partition coefficient (Wildman–Crippen LogP) is 6.04. The second kappa shape index (κ2) is 12.7. The molecule has 3 saturated carbocycles. The van der Waals surface area contributed by atoms with Gasteiger partial charge in [0.1, 0.15) is 12.2 Å². The number of ether oxygens (including phenoxy) is 4. The van der Waals surface area contributed by atoms with E-state index < -0.39 is 34.9 Å². The van der Waals surface area contributed by atoms with Crippen molar-refractivity contribution in [2.24, 2.45) is 56.7 Å². The van der Waals surface area contributed by atoms with Crippen molar-refractivity contribution in [1.82, 2.24) is 5.32 Å². The number of carboxylic acid groups (broad SMARTS) is 1. The summed E-state index contributed by atoms with van der Waals surface area (Å²) in [6, 6.07) is -0.0167. The van der Waals surface area contributed by atoms with Crippen LogP contribution in [0.5, 0.6) is 0 Å². The Bertz CT molecular complexity index is 1270. The third-order valence-corrected chi connectivity index (χ3v) is 14.7. The van der Waals surface area contributed by atoms with Crippen LogP contribution in [-0.4, -0.2) is 74.7 Å². The molecule has 9 heteroatoms. The first-order valence-corrected chi connectivity index (χ1v) is 18.0. The van der Waals surface area contributed by atoms with Crippen LogP contribution in [0, 0.1) is 56.7 Å². The molecular formula is C38H61NO8. The van der Waals surface area contributed by atoms with Gasteiger partial charge in [-0.2, -0.15) is 0 Å². The number of carbonyl (C=O) groups is 3. The Morgan fingerprint density at radius 3 is 2.34 bits per heavy atom. The Morgan fingerprint density at radius 2 is 1.72 bits per heavy atom. The van der Waals surface area contributed by atoms with E-state index in [0.717, 1.165) is 25.7 Å². The van der Waals surface area contributed by atoms with Gasteiger partial charge in [-0.05, 0) is 85.4 Å². The Balaban J connectivity index is 1.52. The minimum absolute atomic E-state index is 0.0167. The van der Waals surface area contributed by atoms with Crippen molar-refractivity contribution >= 4 is 17.9 Å². The average molecular weight is 660 g/mol. The van der Waals surface area contributed by atoms with Crippen molar-refractivity contribution in [3.05, 3.63) is 11.6 Å². The lowest BCUT2D eigenvalue weighted by atomic mass is 9.34. The molecule has 2 bridgehead atoms. The Morgan fingerprint density at radius 1 is 1.02 bits per heavy atom. The first kappa shape index (κ1) is 36.3. The molecule has 266 valence electrons.